The van der Waals surface area contributed by atoms with Gasteiger partial charge in [-0.1, -0.05) is 17.7 Å². The number of likely N-dealkylation sites (tertiary alicyclic amines) is 1. The maximum atomic E-state index is 12.1. The fourth-order valence-corrected chi connectivity index (χ4v) is 4.96. The normalized spacial score (nSPS) is 29.1. The first kappa shape index (κ1) is 15.9. The highest BCUT2D eigenvalue weighted by Gasteiger charge is 2.48. The molecule has 1 aliphatic heterocycles. The number of halogens is 1. The van der Waals surface area contributed by atoms with Crippen molar-refractivity contribution in [2.24, 2.45) is 10.3 Å². The summed E-state index contributed by atoms with van der Waals surface area (Å²) in [6.45, 7) is 1.05. The van der Waals surface area contributed by atoms with Gasteiger partial charge in [-0.3, -0.25) is 4.90 Å². The van der Waals surface area contributed by atoms with E-state index in [2.05, 4.69) is 0 Å². The Morgan fingerprint density at radius 3 is 2.15 bits per heavy atom. The van der Waals surface area contributed by atoms with E-state index in [1.807, 2.05) is 0 Å². The molecular formula is C10H16ClN3O4S2. The number of allylic oxidation sites excluding steroid dienone is 1. The van der Waals surface area contributed by atoms with E-state index in [1.54, 1.807) is 4.90 Å². The van der Waals surface area contributed by atoms with E-state index in [1.165, 1.54) is 6.08 Å². The first-order valence-corrected chi connectivity index (χ1v) is 9.44. The second-order valence-electron chi connectivity index (χ2n) is 4.89. The smallest absolute Gasteiger partial charge is 0.239 e. The van der Waals surface area contributed by atoms with Crippen molar-refractivity contribution in [1.82, 2.24) is 4.90 Å². The van der Waals surface area contributed by atoms with Gasteiger partial charge in [-0.2, -0.15) is 0 Å². The van der Waals surface area contributed by atoms with Crippen LogP contribution in [0.5, 0.6) is 0 Å². The molecule has 0 bridgehead atoms. The van der Waals surface area contributed by atoms with E-state index in [0.717, 1.165) is 18.9 Å². The Labute approximate surface area is 123 Å². The third kappa shape index (κ3) is 2.66. The molecule has 1 aliphatic carbocycles. The predicted octanol–water partition coefficient (Wildman–Crippen LogP) is -0.234. The molecule has 4 N–H and O–H groups in total. The van der Waals surface area contributed by atoms with Gasteiger partial charge in [0.05, 0.1) is 9.94 Å². The van der Waals surface area contributed by atoms with Gasteiger partial charge in [0.1, 0.15) is 0 Å². The fourth-order valence-electron chi connectivity index (χ4n) is 2.58. The molecule has 7 nitrogen and oxygen atoms in total. The number of hydrogen-bond donors (Lipinski definition) is 2. The van der Waals surface area contributed by atoms with Crippen LogP contribution >= 0.6 is 11.6 Å². The third-order valence-corrected chi connectivity index (χ3v) is 6.56. The van der Waals surface area contributed by atoms with Crippen molar-refractivity contribution in [3.05, 3.63) is 22.1 Å². The second-order valence-corrected chi connectivity index (χ2v) is 8.63. The Morgan fingerprint density at radius 1 is 1.15 bits per heavy atom. The number of nitrogens with two attached hydrogens (primary N) is 2. The summed E-state index contributed by atoms with van der Waals surface area (Å²) < 4.78 is 47.2. The van der Waals surface area contributed by atoms with Gasteiger partial charge in [-0.15, -0.1) is 0 Å². The summed E-state index contributed by atoms with van der Waals surface area (Å²) in [6, 6.07) is 0. The number of hydrogen-bond acceptors (Lipinski definition) is 5. The SMILES string of the molecule is NS(=O)(=O)C1=CC(N2CCCC2)(S(N)(=O)=O)CC=C1Cl. The molecular weight excluding hydrogens is 326 g/mol. The van der Waals surface area contributed by atoms with Crippen LogP contribution < -0.4 is 10.3 Å². The van der Waals surface area contributed by atoms with Crippen molar-refractivity contribution in [2.45, 2.75) is 24.1 Å². The highest BCUT2D eigenvalue weighted by Crippen LogP contribution is 2.38. The standard InChI is InChI=1S/C10H16ClN3O4S2/c11-8-3-4-10(20(13,17)18,14-5-1-2-6-14)7-9(8)19(12,15)16/h3,7H,1-2,4-6H2,(H2,12,15,16)(H2,13,17,18). The lowest BCUT2D eigenvalue weighted by atomic mass is 10.1. The van der Waals surface area contributed by atoms with E-state index < -0.39 is 29.8 Å². The van der Waals surface area contributed by atoms with Crippen LogP contribution in [-0.4, -0.2) is 39.7 Å². The first-order chi connectivity index (χ1) is 9.08. The van der Waals surface area contributed by atoms with Crippen LogP contribution in [0, 0.1) is 0 Å². The minimum atomic E-state index is -4.12. The summed E-state index contributed by atoms with van der Waals surface area (Å²) >= 11 is 5.83. The minimum absolute atomic E-state index is 0.00366. The molecule has 1 heterocycles. The number of nitrogens with zero attached hydrogens (tertiary/aromatic N) is 1. The van der Waals surface area contributed by atoms with Crippen molar-refractivity contribution in [3.8, 4) is 0 Å². The topological polar surface area (TPSA) is 124 Å². The number of primary sulfonamides is 2. The van der Waals surface area contributed by atoms with E-state index in [-0.39, 0.29) is 11.5 Å². The van der Waals surface area contributed by atoms with Crippen LogP contribution in [0.3, 0.4) is 0 Å². The molecule has 0 saturated carbocycles. The summed E-state index contributed by atoms with van der Waals surface area (Å²) in [6.07, 6.45) is 4.07. The van der Waals surface area contributed by atoms with E-state index in [4.69, 9.17) is 21.9 Å². The van der Waals surface area contributed by atoms with Gasteiger partial charge < -0.3 is 0 Å². The Balaban J connectivity index is 2.63. The predicted molar refractivity (Wildman–Crippen MR) is 76.4 cm³/mol. The third-order valence-electron chi connectivity index (χ3n) is 3.61. The summed E-state index contributed by atoms with van der Waals surface area (Å²) in [5.74, 6) is 0. The van der Waals surface area contributed by atoms with E-state index in [9.17, 15) is 16.8 Å². The maximum Gasteiger partial charge on any atom is 0.239 e. The van der Waals surface area contributed by atoms with Gasteiger partial charge in [0.2, 0.25) is 20.0 Å². The van der Waals surface area contributed by atoms with Crippen LogP contribution in [0.1, 0.15) is 19.3 Å². The molecule has 0 spiro atoms. The fraction of sp³-hybridized carbons (Fsp3) is 0.600. The highest BCUT2D eigenvalue weighted by molar-refractivity contribution is 7.93. The van der Waals surface area contributed by atoms with Gasteiger partial charge in [0.25, 0.3) is 0 Å². The highest BCUT2D eigenvalue weighted by atomic mass is 35.5. The van der Waals surface area contributed by atoms with Crippen LogP contribution in [0.15, 0.2) is 22.1 Å². The van der Waals surface area contributed by atoms with Crippen LogP contribution in [0.4, 0.5) is 0 Å². The lowest BCUT2D eigenvalue weighted by Crippen LogP contribution is -2.55. The molecule has 1 saturated heterocycles. The monoisotopic (exact) mass is 341 g/mol. The summed E-state index contributed by atoms with van der Waals surface area (Å²) in [4.78, 5) is -0.330. The lowest BCUT2D eigenvalue weighted by Gasteiger charge is -2.38. The molecule has 1 fully saturated rings. The first-order valence-electron chi connectivity index (χ1n) is 5.97. The van der Waals surface area contributed by atoms with Crippen molar-refractivity contribution >= 4 is 31.6 Å². The maximum absolute atomic E-state index is 12.1. The second kappa shape index (κ2) is 5.08. The quantitative estimate of drug-likeness (QED) is 0.733. The lowest BCUT2D eigenvalue weighted by molar-refractivity contribution is 0.239. The molecule has 114 valence electrons. The molecule has 0 amide bonds. The average molecular weight is 342 g/mol. The Bertz CT molecular complexity index is 677. The minimum Gasteiger partial charge on any atom is -0.280 e. The van der Waals surface area contributed by atoms with E-state index in [0.29, 0.717) is 13.1 Å². The van der Waals surface area contributed by atoms with Gasteiger partial charge in [-0.25, -0.2) is 27.1 Å². The summed E-state index contributed by atoms with van der Waals surface area (Å²) in [5.41, 5.74) is 0. The summed E-state index contributed by atoms with van der Waals surface area (Å²) in [5, 5.41) is 10.4. The molecule has 10 heteroatoms. The Kier molecular flexibility index (Phi) is 4.04. The zero-order valence-corrected chi connectivity index (χ0v) is 13.0. The molecule has 0 aromatic carbocycles. The van der Waals surface area contributed by atoms with Crippen molar-refractivity contribution in [1.29, 1.82) is 0 Å². The molecule has 2 rings (SSSR count). The van der Waals surface area contributed by atoms with Crippen molar-refractivity contribution in [2.75, 3.05) is 13.1 Å². The van der Waals surface area contributed by atoms with Crippen LogP contribution in [0.2, 0.25) is 0 Å². The van der Waals surface area contributed by atoms with Gasteiger partial charge in [-0.05, 0) is 18.9 Å². The molecule has 20 heavy (non-hydrogen) atoms. The van der Waals surface area contributed by atoms with Crippen molar-refractivity contribution < 1.29 is 16.8 Å². The van der Waals surface area contributed by atoms with Crippen LogP contribution in [0.25, 0.3) is 0 Å². The largest absolute Gasteiger partial charge is 0.280 e. The zero-order valence-electron chi connectivity index (χ0n) is 10.6. The number of sulfonamides is 2. The molecule has 2 aliphatic rings. The van der Waals surface area contributed by atoms with Crippen molar-refractivity contribution in [3.63, 3.8) is 0 Å². The average Bonchev–Trinajstić information content (AvgIpc) is 2.80. The zero-order chi connectivity index (χ0) is 15.2. The molecule has 0 aromatic rings. The van der Waals surface area contributed by atoms with Gasteiger partial charge in [0, 0.05) is 19.5 Å². The van der Waals surface area contributed by atoms with E-state index >= 15 is 0 Å². The summed E-state index contributed by atoms with van der Waals surface area (Å²) in [7, 11) is -8.18. The molecule has 0 aromatic heterocycles. The molecule has 0 radical (unpaired) electrons. The Hall–Kier alpha value is -0.450. The Morgan fingerprint density at radius 2 is 1.70 bits per heavy atom. The van der Waals surface area contributed by atoms with Crippen LogP contribution in [-0.2, 0) is 20.0 Å². The number of rotatable bonds is 3. The molecule has 1 atom stereocenters. The van der Waals surface area contributed by atoms with Gasteiger partial charge in [0.15, 0.2) is 4.87 Å². The molecule has 1 unspecified atom stereocenters. The van der Waals surface area contributed by atoms with Gasteiger partial charge >= 0.3 is 0 Å².